The molecule has 7 rings (SSSR count). The molecule has 0 aliphatic carbocycles. The molecular formula is C42H31NS. The third-order valence-electron chi connectivity index (χ3n) is 7.96. The molecule has 0 bridgehead atoms. The van der Waals surface area contributed by atoms with Crippen molar-refractivity contribution in [2.24, 2.45) is 0 Å². The van der Waals surface area contributed by atoms with Gasteiger partial charge < -0.3 is 5.32 Å². The SMILES string of the molecule is Sc1ccccc1-c1cccc(-c2cccc(-c3cc(-c4cccc(-c5ccccc5)c4)ccc3Nc3ccccc3)c2)c1. The molecule has 44 heavy (non-hydrogen) atoms. The Hall–Kier alpha value is -5.31. The molecule has 0 aromatic heterocycles. The summed E-state index contributed by atoms with van der Waals surface area (Å²) in [6, 6.07) is 62.2. The zero-order valence-electron chi connectivity index (χ0n) is 24.2. The van der Waals surface area contributed by atoms with Gasteiger partial charge in [0.15, 0.2) is 0 Å². The van der Waals surface area contributed by atoms with E-state index >= 15 is 0 Å². The zero-order valence-corrected chi connectivity index (χ0v) is 25.1. The van der Waals surface area contributed by atoms with Crippen LogP contribution in [0.25, 0.3) is 55.6 Å². The van der Waals surface area contributed by atoms with E-state index in [1.807, 2.05) is 18.2 Å². The van der Waals surface area contributed by atoms with Gasteiger partial charge in [-0.15, -0.1) is 12.6 Å². The number of anilines is 2. The molecule has 0 amide bonds. The molecule has 0 aliphatic rings. The molecule has 7 aromatic rings. The molecule has 0 heterocycles. The minimum absolute atomic E-state index is 0.975. The van der Waals surface area contributed by atoms with Crippen LogP contribution in [0.15, 0.2) is 181 Å². The van der Waals surface area contributed by atoms with Gasteiger partial charge in [-0.05, 0) is 98.6 Å². The molecular weight excluding hydrogens is 551 g/mol. The summed E-state index contributed by atoms with van der Waals surface area (Å²) in [5.74, 6) is 0. The molecule has 7 aromatic carbocycles. The lowest BCUT2D eigenvalue weighted by atomic mass is 9.93. The van der Waals surface area contributed by atoms with Gasteiger partial charge in [-0.3, -0.25) is 0 Å². The van der Waals surface area contributed by atoms with Crippen molar-refractivity contribution >= 4 is 24.0 Å². The van der Waals surface area contributed by atoms with E-state index in [2.05, 4.69) is 163 Å². The number of rotatable bonds is 7. The first-order valence-corrected chi connectivity index (χ1v) is 15.3. The molecule has 0 unspecified atom stereocenters. The van der Waals surface area contributed by atoms with Crippen LogP contribution in [-0.2, 0) is 0 Å². The van der Waals surface area contributed by atoms with Gasteiger partial charge in [0.25, 0.3) is 0 Å². The Labute approximate surface area is 264 Å². The molecule has 1 nitrogen and oxygen atoms in total. The average Bonchev–Trinajstić information content (AvgIpc) is 3.10. The van der Waals surface area contributed by atoms with Crippen molar-refractivity contribution in [1.29, 1.82) is 0 Å². The molecule has 2 heteroatoms. The number of benzene rings is 7. The van der Waals surface area contributed by atoms with Crippen LogP contribution >= 0.6 is 12.6 Å². The van der Waals surface area contributed by atoms with E-state index in [1.54, 1.807) is 0 Å². The Morgan fingerprint density at radius 1 is 0.318 bits per heavy atom. The smallest absolute Gasteiger partial charge is 0.0464 e. The van der Waals surface area contributed by atoms with E-state index in [4.69, 9.17) is 12.6 Å². The van der Waals surface area contributed by atoms with Gasteiger partial charge in [-0.25, -0.2) is 0 Å². The molecule has 1 N–H and O–H groups in total. The van der Waals surface area contributed by atoms with Crippen LogP contribution in [0.4, 0.5) is 11.4 Å². The second-order valence-corrected chi connectivity index (χ2v) is 11.4. The van der Waals surface area contributed by atoms with Gasteiger partial charge in [-0.2, -0.15) is 0 Å². The molecule has 0 saturated heterocycles. The van der Waals surface area contributed by atoms with Gasteiger partial charge in [0.1, 0.15) is 0 Å². The quantitative estimate of drug-likeness (QED) is 0.178. The number of hydrogen-bond donors (Lipinski definition) is 2. The number of nitrogens with one attached hydrogen (secondary N) is 1. The maximum absolute atomic E-state index is 4.71. The fourth-order valence-corrected chi connectivity index (χ4v) is 6.00. The lowest BCUT2D eigenvalue weighted by molar-refractivity contribution is 1.45. The van der Waals surface area contributed by atoms with Crippen molar-refractivity contribution in [3.63, 3.8) is 0 Å². The lowest BCUT2D eigenvalue weighted by Gasteiger charge is -2.16. The van der Waals surface area contributed by atoms with Crippen molar-refractivity contribution in [1.82, 2.24) is 0 Å². The maximum atomic E-state index is 4.71. The predicted octanol–water partition coefficient (Wildman–Crippen LogP) is 12.1. The van der Waals surface area contributed by atoms with Crippen molar-refractivity contribution in [2.75, 3.05) is 5.32 Å². The fourth-order valence-electron chi connectivity index (χ4n) is 5.71. The van der Waals surface area contributed by atoms with Crippen LogP contribution in [0.2, 0.25) is 0 Å². The third kappa shape index (κ3) is 5.94. The van der Waals surface area contributed by atoms with Crippen LogP contribution < -0.4 is 5.32 Å². The third-order valence-corrected chi connectivity index (χ3v) is 8.35. The van der Waals surface area contributed by atoms with E-state index < -0.39 is 0 Å². The summed E-state index contributed by atoms with van der Waals surface area (Å²) >= 11 is 4.71. The zero-order chi connectivity index (χ0) is 29.7. The molecule has 0 radical (unpaired) electrons. The van der Waals surface area contributed by atoms with Crippen LogP contribution in [-0.4, -0.2) is 0 Å². The first-order chi connectivity index (χ1) is 21.7. The first-order valence-electron chi connectivity index (χ1n) is 14.8. The lowest BCUT2D eigenvalue weighted by Crippen LogP contribution is -1.94. The standard InChI is InChI=1S/C42H31NS/c44-42-23-8-7-22-39(42)36-18-10-16-33(27-36)34-17-11-19-37(28-34)40-29-35(24-25-41(40)43-38-20-5-2-6-21-38)32-15-9-14-31(26-32)30-12-3-1-4-13-30/h1-29,43-44H. The molecule has 0 aliphatic heterocycles. The van der Waals surface area contributed by atoms with Gasteiger partial charge in [0.2, 0.25) is 0 Å². The summed E-state index contributed by atoms with van der Waals surface area (Å²) < 4.78 is 0. The maximum Gasteiger partial charge on any atom is 0.0464 e. The molecule has 210 valence electrons. The summed E-state index contributed by atoms with van der Waals surface area (Å²) in [5.41, 5.74) is 13.8. The van der Waals surface area contributed by atoms with Gasteiger partial charge in [0, 0.05) is 21.8 Å². The van der Waals surface area contributed by atoms with E-state index in [0.29, 0.717) is 0 Å². The van der Waals surface area contributed by atoms with Crippen molar-refractivity contribution in [3.8, 4) is 55.6 Å². The summed E-state index contributed by atoms with van der Waals surface area (Å²) in [6.45, 7) is 0. The Morgan fingerprint density at radius 2 is 0.773 bits per heavy atom. The second kappa shape index (κ2) is 12.5. The van der Waals surface area contributed by atoms with Crippen LogP contribution in [0.5, 0.6) is 0 Å². The summed E-state index contributed by atoms with van der Waals surface area (Å²) in [7, 11) is 0. The molecule has 0 saturated carbocycles. The topological polar surface area (TPSA) is 12.0 Å². The second-order valence-electron chi connectivity index (χ2n) is 10.9. The molecule has 0 atom stereocenters. The highest BCUT2D eigenvalue weighted by Crippen LogP contribution is 2.38. The summed E-state index contributed by atoms with van der Waals surface area (Å²) in [6.07, 6.45) is 0. The van der Waals surface area contributed by atoms with E-state index in [9.17, 15) is 0 Å². The minimum Gasteiger partial charge on any atom is -0.355 e. The van der Waals surface area contributed by atoms with Crippen LogP contribution in [0, 0.1) is 0 Å². The number of hydrogen-bond acceptors (Lipinski definition) is 2. The van der Waals surface area contributed by atoms with Crippen LogP contribution in [0.3, 0.4) is 0 Å². The highest BCUT2D eigenvalue weighted by Gasteiger charge is 2.12. The number of thiol groups is 1. The van der Waals surface area contributed by atoms with E-state index in [1.165, 1.54) is 33.4 Å². The van der Waals surface area contributed by atoms with Gasteiger partial charge in [-0.1, -0.05) is 127 Å². The van der Waals surface area contributed by atoms with Crippen molar-refractivity contribution in [2.45, 2.75) is 4.90 Å². The Bertz CT molecular complexity index is 2050. The molecule has 0 fully saturated rings. The highest BCUT2D eigenvalue weighted by atomic mass is 32.1. The first kappa shape index (κ1) is 27.5. The molecule has 0 spiro atoms. The Morgan fingerprint density at radius 3 is 1.41 bits per heavy atom. The monoisotopic (exact) mass is 581 g/mol. The van der Waals surface area contributed by atoms with Crippen molar-refractivity contribution < 1.29 is 0 Å². The summed E-state index contributed by atoms with van der Waals surface area (Å²) in [4.78, 5) is 0.975. The van der Waals surface area contributed by atoms with E-state index in [-0.39, 0.29) is 0 Å². The largest absolute Gasteiger partial charge is 0.355 e. The van der Waals surface area contributed by atoms with Crippen molar-refractivity contribution in [3.05, 3.63) is 176 Å². The Balaban J connectivity index is 1.31. The number of para-hydroxylation sites is 1. The fraction of sp³-hybridized carbons (Fsp3) is 0. The van der Waals surface area contributed by atoms with Crippen LogP contribution in [0.1, 0.15) is 0 Å². The highest BCUT2D eigenvalue weighted by molar-refractivity contribution is 7.80. The average molecular weight is 582 g/mol. The Kier molecular flexibility index (Phi) is 7.82. The summed E-state index contributed by atoms with van der Waals surface area (Å²) in [5, 5.41) is 3.67. The van der Waals surface area contributed by atoms with Gasteiger partial charge >= 0.3 is 0 Å². The van der Waals surface area contributed by atoms with Gasteiger partial charge in [0.05, 0.1) is 0 Å². The predicted molar refractivity (Wildman–Crippen MR) is 191 cm³/mol. The normalized spacial score (nSPS) is 10.8. The minimum atomic E-state index is 0.975. The van der Waals surface area contributed by atoms with E-state index in [0.717, 1.165) is 38.5 Å².